The van der Waals surface area contributed by atoms with Crippen molar-refractivity contribution < 1.29 is 4.79 Å². The van der Waals surface area contributed by atoms with Crippen molar-refractivity contribution in [1.82, 2.24) is 20.0 Å². The maximum absolute atomic E-state index is 12.5. The highest BCUT2D eigenvalue weighted by molar-refractivity contribution is 5.93. The molecule has 2 saturated heterocycles. The highest BCUT2D eigenvalue weighted by atomic mass is 16.2. The number of rotatable bonds is 2. The normalized spacial score (nSPS) is 26.7. The van der Waals surface area contributed by atoms with Gasteiger partial charge in [-0.3, -0.25) is 9.48 Å². The van der Waals surface area contributed by atoms with E-state index in [0.29, 0.717) is 11.8 Å². The van der Waals surface area contributed by atoms with Gasteiger partial charge in [0.05, 0.1) is 5.69 Å². The van der Waals surface area contributed by atoms with E-state index in [1.807, 2.05) is 29.5 Å². The Bertz CT molecular complexity index is 456. The van der Waals surface area contributed by atoms with Crippen LogP contribution in [0.5, 0.6) is 0 Å². The molecule has 2 atom stereocenters. The van der Waals surface area contributed by atoms with Gasteiger partial charge in [-0.05, 0) is 31.7 Å². The fraction of sp³-hybridized carbons (Fsp3) is 0.692. The van der Waals surface area contributed by atoms with Crippen molar-refractivity contribution in [3.8, 4) is 0 Å². The molecule has 5 nitrogen and oxygen atoms in total. The molecule has 98 valence electrons. The lowest BCUT2D eigenvalue weighted by Crippen LogP contribution is -2.33. The zero-order chi connectivity index (χ0) is 12.7. The van der Waals surface area contributed by atoms with E-state index >= 15 is 0 Å². The Labute approximate surface area is 107 Å². The fourth-order valence-electron chi connectivity index (χ4n) is 3.14. The van der Waals surface area contributed by atoms with Crippen molar-refractivity contribution in [3.63, 3.8) is 0 Å². The van der Waals surface area contributed by atoms with E-state index in [1.165, 1.54) is 0 Å². The molecule has 0 bridgehead atoms. The second-order valence-electron chi connectivity index (χ2n) is 5.38. The Kier molecular flexibility index (Phi) is 2.86. The molecule has 0 spiro atoms. The maximum atomic E-state index is 12.5. The Hall–Kier alpha value is -1.36. The van der Waals surface area contributed by atoms with E-state index in [9.17, 15) is 4.79 Å². The largest absolute Gasteiger partial charge is 0.337 e. The van der Waals surface area contributed by atoms with Crippen LogP contribution in [0.2, 0.25) is 0 Å². The predicted molar refractivity (Wildman–Crippen MR) is 68.4 cm³/mol. The van der Waals surface area contributed by atoms with Gasteiger partial charge < -0.3 is 10.2 Å². The molecule has 3 heterocycles. The third-order valence-corrected chi connectivity index (χ3v) is 4.10. The average molecular weight is 248 g/mol. The van der Waals surface area contributed by atoms with E-state index in [1.54, 1.807) is 0 Å². The summed E-state index contributed by atoms with van der Waals surface area (Å²) in [7, 11) is 0. The first-order valence-electron chi connectivity index (χ1n) is 6.73. The number of nitrogens with one attached hydrogen (secondary N) is 1. The molecule has 1 amide bonds. The number of likely N-dealkylation sites (tertiary alicyclic amines) is 1. The van der Waals surface area contributed by atoms with E-state index in [4.69, 9.17) is 0 Å². The van der Waals surface area contributed by atoms with Crippen LogP contribution in [-0.4, -0.2) is 46.8 Å². The second-order valence-corrected chi connectivity index (χ2v) is 5.38. The summed E-state index contributed by atoms with van der Waals surface area (Å²) in [5, 5.41) is 7.75. The molecule has 0 aromatic carbocycles. The van der Waals surface area contributed by atoms with E-state index in [-0.39, 0.29) is 5.91 Å². The number of hydrogen-bond donors (Lipinski definition) is 1. The smallest absolute Gasteiger partial charge is 0.272 e. The first-order valence-corrected chi connectivity index (χ1v) is 6.73. The molecular weight excluding hydrogens is 228 g/mol. The topological polar surface area (TPSA) is 50.2 Å². The predicted octanol–water partition coefficient (Wildman–Crippen LogP) is 0.503. The zero-order valence-corrected chi connectivity index (χ0v) is 11.0. The van der Waals surface area contributed by atoms with Crippen LogP contribution in [0.3, 0.4) is 0 Å². The summed E-state index contributed by atoms with van der Waals surface area (Å²) >= 11 is 0. The molecule has 0 saturated carbocycles. The van der Waals surface area contributed by atoms with E-state index in [2.05, 4.69) is 10.4 Å². The van der Waals surface area contributed by atoms with Gasteiger partial charge in [0.15, 0.2) is 0 Å². The standard InChI is InChI=1S/C13H20N4O/c1-3-17-12(4-9(2)15-17)13(18)16-7-10-5-14-6-11(10)8-16/h4,10-11,14H,3,5-8H2,1-2H3. The first-order chi connectivity index (χ1) is 8.69. The molecule has 1 N–H and O–H groups in total. The van der Waals surface area contributed by atoms with Crippen molar-refractivity contribution in [1.29, 1.82) is 0 Å². The van der Waals surface area contributed by atoms with Crippen molar-refractivity contribution in [3.05, 3.63) is 17.5 Å². The SMILES string of the molecule is CCn1nc(C)cc1C(=O)N1CC2CNCC2C1. The summed E-state index contributed by atoms with van der Waals surface area (Å²) in [6, 6.07) is 1.90. The summed E-state index contributed by atoms with van der Waals surface area (Å²) < 4.78 is 1.81. The summed E-state index contributed by atoms with van der Waals surface area (Å²) in [6.07, 6.45) is 0. The molecule has 2 fully saturated rings. The number of fused-ring (bicyclic) bond motifs is 1. The number of amides is 1. The number of carbonyl (C=O) groups is 1. The van der Waals surface area contributed by atoms with E-state index in [0.717, 1.165) is 44.1 Å². The van der Waals surface area contributed by atoms with Crippen LogP contribution < -0.4 is 5.32 Å². The summed E-state index contributed by atoms with van der Waals surface area (Å²) in [5.74, 6) is 1.44. The van der Waals surface area contributed by atoms with Crippen LogP contribution in [0.15, 0.2) is 6.07 Å². The number of carbonyl (C=O) groups excluding carboxylic acids is 1. The fourth-order valence-corrected chi connectivity index (χ4v) is 3.14. The summed E-state index contributed by atoms with van der Waals surface area (Å²) in [6.45, 7) is 8.60. The lowest BCUT2D eigenvalue weighted by atomic mass is 10.0. The molecule has 0 aliphatic carbocycles. The highest BCUT2D eigenvalue weighted by Crippen LogP contribution is 2.27. The van der Waals surface area contributed by atoms with Crippen molar-refractivity contribution in [2.24, 2.45) is 11.8 Å². The minimum atomic E-state index is 0.145. The van der Waals surface area contributed by atoms with Crippen LogP contribution in [0.4, 0.5) is 0 Å². The van der Waals surface area contributed by atoms with Crippen molar-refractivity contribution in [2.45, 2.75) is 20.4 Å². The van der Waals surface area contributed by atoms with Gasteiger partial charge in [0, 0.05) is 32.7 Å². The van der Waals surface area contributed by atoms with Gasteiger partial charge in [-0.15, -0.1) is 0 Å². The van der Waals surface area contributed by atoms with Gasteiger partial charge in [-0.1, -0.05) is 0 Å². The second kappa shape index (κ2) is 4.39. The van der Waals surface area contributed by atoms with Gasteiger partial charge in [0.25, 0.3) is 5.91 Å². The number of hydrogen-bond acceptors (Lipinski definition) is 3. The molecule has 1 aromatic heterocycles. The molecule has 5 heteroatoms. The quantitative estimate of drug-likeness (QED) is 0.829. The number of aromatic nitrogens is 2. The zero-order valence-electron chi connectivity index (χ0n) is 11.0. The molecular formula is C13H20N4O. The molecule has 2 aliphatic heterocycles. The minimum Gasteiger partial charge on any atom is -0.337 e. The van der Waals surface area contributed by atoms with Crippen LogP contribution in [0.1, 0.15) is 23.1 Å². The van der Waals surface area contributed by atoms with Gasteiger partial charge in [0.2, 0.25) is 0 Å². The highest BCUT2D eigenvalue weighted by Gasteiger charge is 2.38. The van der Waals surface area contributed by atoms with Crippen LogP contribution in [-0.2, 0) is 6.54 Å². The van der Waals surface area contributed by atoms with Crippen molar-refractivity contribution in [2.75, 3.05) is 26.2 Å². The van der Waals surface area contributed by atoms with Gasteiger partial charge in [0.1, 0.15) is 5.69 Å². The molecule has 2 aliphatic rings. The van der Waals surface area contributed by atoms with Crippen LogP contribution in [0, 0.1) is 18.8 Å². The number of aryl methyl sites for hydroxylation is 2. The summed E-state index contributed by atoms with van der Waals surface area (Å²) in [5.41, 5.74) is 1.66. The number of nitrogens with zero attached hydrogens (tertiary/aromatic N) is 3. The van der Waals surface area contributed by atoms with Gasteiger partial charge in [-0.25, -0.2) is 0 Å². The van der Waals surface area contributed by atoms with E-state index < -0.39 is 0 Å². The maximum Gasteiger partial charge on any atom is 0.272 e. The Balaban J connectivity index is 1.78. The van der Waals surface area contributed by atoms with Gasteiger partial charge in [-0.2, -0.15) is 5.10 Å². The Morgan fingerprint density at radius 2 is 2.11 bits per heavy atom. The summed E-state index contributed by atoms with van der Waals surface area (Å²) in [4.78, 5) is 14.5. The van der Waals surface area contributed by atoms with Gasteiger partial charge >= 0.3 is 0 Å². The molecule has 3 rings (SSSR count). The van der Waals surface area contributed by atoms with Crippen molar-refractivity contribution >= 4 is 5.91 Å². The Morgan fingerprint density at radius 1 is 1.44 bits per heavy atom. The average Bonchev–Trinajstić information content (AvgIpc) is 3.00. The monoisotopic (exact) mass is 248 g/mol. The third-order valence-electron chi connectivity index (χ3n) is 4.10. The molecule has 2 unspecified atom stereocenters. The molecule has 1 aromatic rings. The Morgan fingerprint density at radius 3 is 2.72 bits per heavy atom. The molecule has 18 heavy (non-hydrogen) atoms. The van der Waals surface area contributed by atoms with Crippen LogP contribution >= 0.6 is 0 Å². The lowest BCUT2D eigenvalue weighted by molar-refractivity contribution is 0.0769. The minimum absolute atomic E-state index is 0.145. The van der Waals surface area contributed by atoms with Crippen LogP contribution in [0.25, 0.3) is 0 Å². The molecule has 0 radical (unpaired) electrons. The first kappa shape index (κ1) is 11.7. The third kappa shape index (κ3) is 1.82. The lowest BCUT2D eigenvalue weighted by Gasteiger charge is -2.17.